The van der Waals surface area contributed by atoms with Crippen molar-refractivity contribution in [1.29, 1.82) is 0 Å². The molecule has 0 saturated carbocycles. The van der Waals surface area contributed by atoms with Gasteiger partial charge in [-0.1, -0.05) is 36.0 Å². The van der Waals surface area contributed by atoms with Crippen LogP contribution < -0.4 is 5.32 Å². The fourth-order valence-electron chi connectivity index (χ4n) is 3.65. The number of aromatic nitrogens is 3. The van der Waals surface area contributed by atoms with Gasteiger partial charge in [0.15, 0.2) is 16.7 Å². The highest BCUT2D eigenvalue weighted by molar-refractivity contribution is 8.00. The molecule has 146 valence electrons. The van der Waals surface area contributed by atoms with Crippen molar-refractivity contribution in [2.45, 2.75) is 56.1 Å². The topological polar surface area (TPSA) is 73.0 Å². The number of benzene rings is 1. The molecule has 6 nitrogen and oxygen atoms in total. The van der Waals surface area contributed by atoms with Crippen LogP contribution in [0.25, 0.3) is 11.6 Å². The van der Waals surface area contributed by atoms with Gasteiger partial charge in [0.05, 0.1) is 17.6 Å². The lowest BCUT2D eigenvalue weighted by Gasteiger charge is -2.27. The number of carbonyl (C=O) groups is 1. The molecule has 0 fully saturated rings. The molecule has 0 spiro atoms. The molecular weight excluding hydrogens is 372 g/mol. The predicted octanol–water partition coefficient (Wildman–Crippen LogP) is 4.23. The van der Waals surface area contributed by atoms with Crippen LogP contribution in [-0.2, 0) is 17.8 Å². The van der Waals surface area contributed by atoms with Gasteiger partial charge in [0.2, 0.25) is 5.91 Å². The Hall–Kier alpha value is -2.54. The fourth-order valence-corrected chi connectivity index (χ4v) is 4.58. The molecule has 1 aliphatic carbocycles. The molecule has 1 amide bonds. The highest BCUT2D eigenvalue weighted by Crippen LogP contribution is 2.31. The van der Waals surface area contributed by atoms with E-state index in [0.717, 1.165) is 24.4 Å². The Bertz CT molecular complexity index is 951. The Morgan fingerprint density at radius 1 is 1.32 bits per heavy atom. The molecule has 2 aromatic heterocycles. The molecule has 0 unspecified atom stereocenters. The van der Waals surface area contributed by atoms with Gasteiger partial charge in [0.25, 0.3) is 0 Å². The number of hydrogen-bond acceptors (Lipinski definition) is 5. The van der Waals surface area contributed by atoms with E-state index < -0.39 is 0 Å². The highest BCUT2D eigenvalue weighted by Gasteiger charge is 2.26. The zero-order valence-corrected chi connectivity index (χ0v) is 16.9. The standard InChI is InChI=1S/C21H24N4O2S/c1-3-25-19(18-12-7-13-27-18)23-24-21(25)28-14(2)20(26)22-17-11-6-9-15-8-4-5-10-16(15)17/h4-5,7-8,10,12-14,17H,3,6,9,11H2,1-2H3,(H,22,26)/t14-,17+/m1/s1. The molecule has 2 atom stereocenters. The molecule has 0 saturated heterocycles. The summed E-state index contributed by atoms with van der Waals surface area (Å²) < 4.78 is 7.43. The van der Waals surface area contributed by atoms with Crippen molar-refractivity contribution >= 4 is 17.7 Å². The Balaban J connectivity index is 1.46. The first-order valence-corrected chi connectivity index (χ1v) is 10.6. The lowest BCUT2D eigenvalue weighted by atomic mass is 9.88. The van der Waals surface area contributed by atoms with Gasteiger partial charge in [0.1, 0.15) is 0 Å². The Morgan fingerprint density at radius 3 is 2.96 bits per heavy atom. The number of hydrogen-bond donors (Lipinski definition) is 1. The number of thioether (sulfide) groups is 1. The fraction of sp³-hybridized carbons (Fsp3) is 0.381. The normalized spacial score (nSPS) is 17.1. The third-order valence-electron chi connectivity index (χ3n) is 5.11. The molecule has 0 aliphatic heterocycles. The van der Waals surface area contributed by atoms with E-state index in [9.17, 15) is 4.79 Å². The molecule has 2 heterocycles. The van der Waals surface area contributed by atoms with Crippen LogP contribution in [0.15, 0.2) is 52.2 Å². The van der Waals surface area contributed by atoms with Crippen molar-refractivity contribution in [3.8, 4) is 11.6 Å². The van der Waals surface area contributed by atoms with Crippen LogP contribution in [0, 0.1) is 0 Å². The minimum absolute atomic E-state index is 0.0249. The number of fused-ring (bicyclic) bond motifs is 1. The van der Waals surface area contributed by atoms with Crippen LogP contribution in [0.4, 0.5) is 0 Å². The zero-order valence-electron chi connectivity index (χ0n) is 16.1. The first kappa shape index (κ1) is 18.8. The Labute approximate surface area is 168 Å². The van der Waals surface area contributed by atoms with Gasteiger partial charge in [-0.15, -0.1) is 10.2 Å². The second-order valence-electron chi connectivity index (χ2n) is 6.94. The number of carbonyl (C=O) groups excluding carboxylic acids is 1. The number of rotatable bonds is 6. The van der Waals surface area contributed by atoms with E-state index in [-0.39, 0.29) is 17.2 Å². The largest absolute Gasteiger partial charge is 0.461 e. The van der Waals surface area contributed by atoms with E-state index >= 15 is 0 Å². The number of nitrogens with zero attached hydrogens (tertiary/aromatic N) is 3. The summed E-state index contributed by atoms with van der Waals surface area (Å²) in [4.78, 5) is 12.9. The van der Waals surface area contributed by atoms with Gasteiger partial charge in [-0.25, -0.2) is 0 Å². The summed E-state index contributed by atoms with van der Waals surface area (Å²) in [5, 5.41) is 12.2. The van der Waals surface area contributed by atoms with Crippen LogP contribution in [0.3, 0.4) is 0 Å². The Morgan fingerprint density at radius 2 is 2.18 bits per heavy atom. The molecular formula is C21H24N4O2S. The number of aryl methyl sites for hydroxylation is 1. The van der Waals surface area contributed by atoms with E-state index in [4.69, 9.17) is 4.42 Å². The quantitative estimate of drug-likeness (QED) is 0.631. The van der Waals surface area contributed by atoms with E-state index in [0.29, 0.717) is 18.1 Å². The first-order valence-electron chi connectivity index (χ1n) is 9.69. The van der Waals surface area contributed by atoms with Crippen molar-refractivity contribution in [2.75, 3.05) is 0 Å². The summed E-state index contributed by atoms with van der Waals surface area (Å²) in [6, 6.07) is 12.2. The van der Waals surface area contributed by atoms with Gasteiger partial charge in [-0.3, -0.25) is 9.36 Å². The average molecular weight is 397 g/mol. The molecule has 0 radical (unpaired) electrons. The SMILES string of the molecule is CCn1c(S[C@H](C)C(=O)N[C@H]2CCCc3ccccc32)nnc1-c1ccco1. The van der Waals surface area contributed by atoms with Crippen LogP contribution >= 0.6 is 11.8 Å². The van der Waals surface area contributed by atoms with Crippen LogP contribution in [0.5, 0.6) is 0 Å². The maximum atomic E-state index is 12.9. The maximum absolute atomic E-state index is 12.9. The van der Waals surface area contributed by atoms with Crippen LogP contribution in [0.2, 0.25) is 0 Å². The molecule has 1 aromatic carbocycles. The van der Waals surface area contributed by atoms with Gasteiger partial charge >= 0.3 is 0 Å². The average Bonchev–Trinajstić information content (AvgIpc) is 3.37. The molecule has 4 rings (SSSR count). The van der Waals surface area contributed by atoms with Crippen molar-refractivity contribution in [2.24, 2.45) is 0 Å². The monoisotopic (exact) mass is 396 g/mol. The minimum atomic E-state index is -0.270. The van der Waals surface area contributed by atoms with E-state index in [1.165, 1.54) is 22.9 Å². The lowest BCUT2D eigenvalue weighted by molar-refractivity contribution is -0.121. The van der Waals surface area contributed by atoms with Crippen molar-refractivity contribution in [3.05, 3.63) is 53.8 Å². The van der Waals surface area contributed by atoms with Gasteiger partial charge in [0, 0.05) is 6.54 Å². The minimum Gasteiger partial charge on any atom is -0.461 e. The second-order valence-corrected chi connectivity index (χ2v) is 8.25. The lowest BCUT2D eigenvalue weighted by Crippen LogP contribution is -2.36. The maximum Gasteiger partial charge on any atom is 0.233 e. The Kier molecular flexibility index (Phi) is 5.52. The highest BCUT2D eigenvalue weighted by atomic mass is 32.2. The van der Waals surface area contributed by atoms with E-state index in [1.807, 2.05) is 36.6 Å². The molecule has 1 aliphatic rings. The summed E-state index contributed by atoms with van der Waals surface area (Å²) in [5.41, 5.74) is 2.59. The van der Waals surface area contributed by atoms with Crippen LogP contribution in [0.1, 0.15) is 43.9 Å². The second kappa shape index (κ2) is 8.22. The van der Waals surface area contributed by atoms with Crippen molar-refractivity contribution in [3.63, 3.8) is 0 Å². The van der Waals surface area contributed by atoms with E-state index in [2.05, 4.69) is 33.7 Å². The van der Waals surface area contributed by atoms with Gasteiger partial charge in [-0.2, -0.15) is 0 Å². The summed E-state index contributed by atoms with van der Waals surface area (Å²) in [7, 11) is 0. The number of furan rings is 1. The third kappa shape index (κ3) is 3.71. The summed E-state index contributed by atoms with van der Waals surface area (Å²) >= 11 is 1.43. The molecule has 28 heavy (non-hydrogen) atoms. The molecule has 1 N–H and O–H groups in total. The number of nitrogens with one attached hydrogen (secondary N) is 1. The summed E-state index contributed by atoms with van der Waals surface area (Å²) in [6.07, 6.45) is 4.78. The molecule has 7 heteroatoms. The van der Waals surface area contributed by atoms with Crippen LogP contribution in [-0.4, -0.2) is 25.9 Å². The number of amides is 1. The predicted molar refractivity (Wildman–Crippen MR) is 109 cm³/mol. The summed E-state index contributed by atoms with van der Waals surface area (Å²) in [6.45, 7) is 4.65. The molecule has 3 aromatic rings. The van der Waals surface area contributed by atoms with Crippen molar-refractivity contribution < 1.29 is 9.21 Å². The smallest absolute Gasteiger partial charge is 0.233 e. The summed E-state index contributed by atoms with van der Waals surface area (Å²) in [5.74, 6) is 1.39. The van der Waals surface area contributed by atoms with Gasteiger partial charge < -0.3 is 9.73 Å². The van der Waals surface area contributed by atoms with E-state index in [1.54, 1.807) is 6.26 Å². The van der Waals surface area contributed by atoms with Crippen molar-refractivity contribution in [1.82, 2.24) is 20.1 Å². The zero-order chi connectivity index (χ0) is 19.5. The molecule has 0 bridgehead atoms. The van der Waals surface area contributed by atoms with Gasteiger partial charge in [-0.05, 0) is 56.4 Å². The third-order valence-corrected chi connectivity index (χ3v) is 6.19. The first-order chi connectivity index (χ1) is 13.7.